The fraction of sp³-hybridized carbons (Fsp3) is 0.300. The van der Waals surface area contributed by atoms with Crippen molar-refractivity contribution in [3.8, 4) is 0 Å². The van der Waals surface area contributed by atoms with Gasteiger partial charge in [-0.1, -0.05) is 25.1 Å². The van der Waals surface area contributed by atoms with Gasteiger partial charge in [0, 0.05) is 11.6 Å². The van der Waals surface area contributed by atoms with E-state index in [2.05, 4.69) is 0 Å². The zero-order valence-electron chi connectivity index (χ0n) is 7.97. The maximum atomic E-state index is 10.7. The summed E-state index contributed by atoms with van der Waals surface area (Å²) < 4.78 is 0. The molecular weight excluding hydrogens is 180 g/mol. The molecule has 4 heteroatoms. The summed E-state index contributed by atoms with van der Waals surface area (Å²) in [6, 6.07) is 6.23. The van der Waals surface area contributed by atoms with Crippen LogP contribution in [0.2, 0.25) is 0 Å². The average Bonchev–Trinajstić information content (AvgIpc) is 2.16. The second-order valence-electron chi connectivity index (χ2n) is 3.28. The van der Waals surface area contributed by atoms with Gasteiger partial charge in [0.05, 0.1) is 0 Å². The molecule has 0 unspecified atom stereocenters. The van der Waals surface area contributed by atoms with E-state index in [-0.39, 0.29) is 5.92 Å². The summed E-state index contributed by atoms with van der Waals surface area (Å²) in [6.45, 7) is 1.75. The van der Waals surface area contributed by atoms with Crippen molar-refractivity contribution in [3.05, 3.63) is 29.8 Å². The predicted octanol–water partition coefficient (Wildman–Crippen LogP) is 0.784. The van der Waals surface area contributed by atoms with Gasteiger partial charge in [0.15, 0.2) is 0 Å². The molecule has 0 saturated heterocycles. The lowest BCUT2D eigenvalue weighted by molar-refractivity contribution is -0.138. The Hall–Kier alpha value is -1.55. The molecule has 0 saturated carbocycles. The van der Waals surface area contributed by atoms with Gasteiger partial charge in [0.1, 0.15) is 6.04 Å². The summed E-state index contributed by atoms with van der Waals surface area (Å²) >= 11 is 0. The Balaban J connectivity index is 2.94. The van der Waals surface area contributed by atoms with Crippen LogP contribution in [-0.4, -0.2) is 17.1 Å². The van der Waals surface area contributed by atoms with Gasteiger partial charge in [-0.25, -0.2) is 0 Å². The zero-order valence-corrected chi connectivity index (χ0v) is 7.97. The number of para-hydroxylation sites is 1. The van der Waals surface area contributed by atoms with Gasteiger partial charge >= 0.3 is 5.97 Å². The maximum absolute atomic E-state index is 10.7. The summed E-state index contributed by atoms with van der Waals surface area (Å²) in [5.41, 5.74) is 12.6. The highest BCUT2D eigenvalue weighted by atomic mass is 16.4. The molecule has 4 nitrogen and oxygen atoms in total. The Kier molecular flexibility index (Phi) is 3.09. The van der Waals surface area contributed by atoms with Crippen molar-refractivity contribution < 1.29 is 9.90 Å². The Morgan fingerprint density at radius 2 is 2.00 bits per heavy atom. The number of hydrogen-bond donors (Lipinski definition) is 3. The van der Waals surface area contributed by atoms with E-state index in [1.807, 2.05) is 6.07 Å². The van der Waals surface area contributed by atoms with Crippen LogP contribution >= 0.6 is 0 Å². The highest BCUT2D eigenvalue weighted by molar-refractivity contribution is 5.75. The van der Waals surface area contributed by atoms with Crippen molar-refractivity contribution in [2.45, 2.75) is 18.9 Å². The molecule has 14 heavy (non-hydrogen) atoms. The largest absolute Gasteiger partial charge is 0.480 e. The Bertz CT molecular complexity index is 339. The van der Waals surface area contributed by atoms with E-state index in [4.69, 9.17) is 16.6 Å². The monoisotopic (exact) mass is 194 g/mol. The number of carbonyl (C=O) groups is 1. The summed E-state index contributed by atoms with van der Waals surface area (Å²) in [6.07, 6.45) is 0. The van der Waals surface area contributed by atoms with Crippen LogP contribution in [0.25, 0.3) is 0 Å². The van der Waals surface area contributed by atoms with Gasteiger partial charge in [0.25, 0.3) is 0 Å². The summed E-state index contributed by atoms with van der Waals surface area (Å²) in [5, 5.41) is 8.74. The average molecular weight is 194 g/mol. The first-order chi connectivity index (χ1) is 6.54. The third-order valence-electron chi connectivity index (χ3n) is 2.31. The molecular formula is C10H14N2O2. The number of anilines is 1. The van der Waals surface area contributed by atoms with E-state index in [0.717, 1.165) is 5.56 Å². The molecule has 5 N–H and O–H groups in total. The van der Waals surface area contributed by atoms with Crippen molar-refractivity contribution in [2.24, 2.45) is 5.73 Å². The molecule has 0 fully saturated rings. The van der Waals surface area contributed by atoms with Gasteiger partial charge in [-0.05, 0) is 11.6 Å². The van der Waals surface area contributed by atoms with Gasteiger partial charge in [-0.15, -0.1) is 0 Å². The third kappa shape index (κ3) is 2.03. The third-order valence-corrected chi connectivity index (χ3v) is 2.31. The van der Waals surface area contributed by atoms with E-state index in [1.165, 1.54) is 0 Å². The Morgan fingerprint density at radius 1 is 1.43 bits per heavy atom. The molecule has 0 aliphatic carbocycles. The molecule has 0 aromatic heterocycles. The van der Waals surface area contributed by atoms with Gasteiger partial charge < -0.3 is 16.6 Å². The van der Waals surface area contributed by atoms with Crippen LogP contribution in [0, 0.1) is 0 Å². The number of carboxylic acids is 1. The van der Waals surface area contributed by atoms with Crippen LogP contribution in [-0.2, 0) is 4.79 Å². The van der Waals surface area contributed by atoms with E-state index in [9.17, 15) is 4.79 Å². The number of nitrogen functional groups attached to an aromatic ring is 1. The van der Waals surface area contributed by atoms with Gasteiger partial charge in [-0.2, -0.15) is 0 Å². The normalized spacial score (nSPS) is 14.7. The molecule has 1 aromatic carbocycles. The SMILES string of the molecule is C[C@@H](c1ccccc1N)[C@@H](N)C(=O)O. The second-order valence-corrected chi connectivity index (χ2v) is 3.28. The van der Waals surface area contributed by atoms with Crippen LogP contribution in [0.3, 0.4) is 0 Å². The lowest BCUT2D eigenvalue weighted by Crippen LogP contribution is -2.35. The summed E-state index contributed by atoms with van der Waals surface area (Å²) in [5.74, 6) is -1.30. The van der Waals surface area contributed by atoms with Crippen LogP contribution in [0.4, 0.5) is 5.69 Å². The molecule has 1 aromatic rings. The number of carboxylic acid groups (broad SMARTS) is 1. The number of hydrogen-bond acceptors (Lipinski definition) is 3. The van der Waals surface area contributed by atoms with E-state index >= 15 is 0 Å². The zero-order chi connectivity index (χ0) is 10.7. The number of nitrogens with two attached hydrogens (primary N) is 2. The number of benzene rings is 1. The first-order valence-electron chi connectivity index (χ1n) is 4.37. The van der Waals surface area contributed by atoms with Crippen LogP contribution < -0.4 is 11.5 Å². The van der Waals surface area contributed by atoms with Crippen LogP contribution in [0.15, 0.2) is 24.3 Å². The van der Waals surface area contributed by atoms with Crippen molar-refractivity contribution in [3.63, 3.8) is 0 Å². The first kappa shape index (κ1) is 10.5. The second kappa shape index (κ2) is 4.11. The Morgan fingerprint density at radius 3 is 2.50 bits per heavy atom. The molecule has 0 heterocycles. The van der Waals surface area contributed by atoms with Crippen LogP contribution in [0.5, 0.6) is 0 Å². The number of aliphatic carboxylic acids is 1. The standard InChI is InChI=1S/C10H14N2O2/c1-6(9(12)10(13)14)7-4-2-3-5-8(7)11/h2-6,9H,11-12H2,1H3,(H,13,14)/t6-,9+/m0/s1. The Labute approximate surface area is 82.5 Å². The topological polar surface area (TPSA) is 89.3 Å². The molecule has 76 valence electrons. The summed E-state index contributed by atoms with van der Waals surface area (Å²) in [7, 11) is 0. The molecule has 0 aliphatic rings. The van der Waals surface area contributed by atoms with Crippen LogP contribution in [0.1, 0.15) is 18.4 Å². The van der Waals surface area contributed by atoms with Crippen molar-refractivity contribution in [1.29, 1.82) is 0 Å². The van der Waals surface area contributed by atoms with Gasteiger partial charge in [0.2, 0.25) is 0 Å². The highest BCUT2D eigenvalue weighted by Gasteiger charge is 2.22. The fourth-order valence-corrected chi connectivity index (χ4v) is 1.33. The minimum absolute atomic E-state index is 0.284. The van der Waals surface area contributed by atoms with E-state index in [1.54, 1.807) is 25.1 Å². The molecule has 0 amide bonds. The van der Waals surface area contributed by atoms with Gasteiger partial charge in [-0.3, -0.25) is 4.79 Å². The first-order valence-corrected chi connectivity index (χ1v) is 4.37. The fourth-order valence-electron chi connectivity index (χ4n) is 1.33. The maximum Gasteiger partial charge on any atom is 0.321 e. The highest BCUT2D eigenvalue weighted by Crippen LogP contribution is 2.23. The lowest BCUT2D eigenvalue weighted by atomic mass is 9.93. The molecule has 0 radical (unpaired) electrons. The van der Waals surface area contributed by atoms with Crippen molar-refractivity contribution >= 4 is 11.7 Å². The van der Waals surface area contributed by atoms with E-state index < -0.39 is 12.0 Å². The van der Waals surface area contributed by atoms with Crippen molar-refractivity contribution in [1.82, 2.24) is 0 Å². The lowest BCUT2D eigenvalue weighted by Gasteiger charge is -2.17. The van der Waals surface area contributed by atoms with Crippen molar-refractivity contribution in [2.75, 3.05) is 5.73 Å². The predicted molar refractivity (Wildman–Crippen MR) is 54.9 cm³/mol. The molecule has 0 bridgehead atoms. The quantitative estimate of drug-likeness (QED) is 0.620. The molecule has 1 rings (SSSR count). The van der Waals surface area contributed by atoms with E-state index in [0.29, 0.717) is 5.69 Å². The number of rotatable bonds is 3. The minimum atomic E-state index is -1.01. The molecule has 0 aliphatic heterocycles. The summed E-state index contributed by atoms with van der Waals surface area (Å²) in [4.78, 5) is 10.7. The minimum Gasteiger partial charge on any atom is -0.480 e. The smallest absolute Gasteiger partial charge is 0.321 e. The molecule has 0 spiro atoms. The molecule has 2 atom stereocenters.